The molecule has 0 aliphatic rings. The number of aromatic hydroxyl groups is 1. The number of hydrogen-bond acceptors (Lipinski definition) is 3. The summed E-state index contributed by atoms with van der Waals surface area (Å²) < 4.78 is 0. The minimum atomic E-state index is 0. The van der Waals surface area contributed by atoms with Gasteiger partial charge in [-0.05, 0) is 6.07 Å². The first-order valence-corrected chi connectivity index (χ1v) is 2.19. The van der Waals surface area contributed by atoms with Crippen molar-refractivity contribution in [1.29, 1.82) is 0 Å². The lowest BCUT2D eigenvalue weighted by Crippen LogP contribution is -1.84. The van der Waals surface area contributed by atoms with Crippen molar-refractivity contribution in [1.82, 2.24) is 4.98 Å². The number of pyridine rings is 1. The van der Waals surface area contributed by atoms with Gasteiger partial charge in [-0.25, -0.2) is 0 Å². The van der Waals surface area contributed by atoms with Gasteiger partial charge in [-0.2, -0.15) is 0 Å². The van der Waals surface area contributed by atoms with Crippen molar-refractivity contribution >= 4 is 18.1 Å². The Balaban J connectivity index is 0.000000640. The van der Waals surface area contributed by atoms with Crippen LogP contribution in [-0.4, -0.2) is 10.1 Å². The standard InChI is InChI=1S/C5H6N2O.ClH/c6-4-1-2-7-3-5(4)8;/h1-3,8H,(H2,6,7);1H. The normalized spacial score (nSPS) is 8.00. The topological polar surface area (TPSA) is 59.1 Å². The average Bonchev–Trinajstić information content (AvgIpc) is 1.77. The van der Waals surface area contributed by atoms with Crippen LogP contribution in [0.1, 0.15) is 0 Å². The van der Waals surface area contributed by atoms with Gasteiger partial charge < -0.3 is 10.8 Å². The molecule has 1 rings (SSSR count). The lowest BCUT2D eigenvalue weighted by atomic mass is 10.4. The van der Waals surface area contributed by atoms with E-state index in [-0.39, 0.29) is 18.2 Å². The Morgan fingerprint density at radius 3 is 2.56 bits per heavy atom. The molecule has 0 amide bonds. The number of rotatable bonds is 0. The van der Waals surface area contributed by atoms with Crippen molar-refractivity contribution in [2.24, 2.45) is 0 Å². The molecular weight excluding hydrogens is 140 g/mol. The van der Waals surface area contributed by atoms with Gasteiger partial charge in [0.1, 0.15) is 0 Å². The molecule has 4 heteroatoms. The van der Waals surface area contributed by atoms with Gasteiger partial charge in [0.05, 0.1) is 11.9 Å². The third kappa shape index (κ3) is 1.77. The van der Waals surface area contributed by atoms with Gasteiger partial charge >= 0.3 is 0 Å². The minimum Gasteiger partial charge on any atom is -0.504 e. The van der Waals surface area contributed by atoms with Crippen LogP contribution < -0.4 is 5.73 Å². The number of nitrogens with two attached hydrogens (primary N) is 1. The van der Waals surface area contributed by atoms with Crippen LogP contribution in [0, 0.1) is 0 Å². The summed E-state index contributed by atoms with van der Waals surface area (Å²) in [5, 5.41) is 8.73. The Hall–Kier alpha value is -0.960. The molecule has 0 atom stereocenters. The van der Waals surface area contributed by atoms with Crippen molar-refractivity contribution < 1.29 is 5.11 Å². The SMILES string of the molecule is Cl.Nc1ccncc1O. The van der Waals surface area contributed by atoms with Crippen LogP contribution in [0.3, 0.4) is 0 Å². The second-order valence-electron chi connectivity index (χ2n) is 1.43. The first-order valence-electron chi connectivity index (χ1n) is 2.19. The van der Waals surface area contributed by atoms with Crippen LogP contribution in [0.4, 0.5) is 5.69 Å². The van der Waals surface area contributed by atoms with Crippen molar-refractivity contribution in [2.45, 2.75) is 0 Å². The average molecular weight is 147 g/mol. The van der Waals surface area contributed by atoms with Gasteiger partial charge in [0, 0.05) is 6.20 Å². The van der Waals surface area contributed by atoms with E-state index in [1.54, 1.807) is 0 Å². The van der Waals surface area contributed by atoms with E-state index in [1.807, 2.05) is 0 Å². The third-order valence-corrected chi connectivity index (χ3v) is 0.833. The summed E-state index contributed by atoms with van der Waals surface area (Å²) >= 11 is 0. The number of hydrogen-bond donors (Lipinski definition) is 2. The van der Waals surface area contributed by atoms with E-state index in [9.17, 15) is 0 Å². The zero-order chi connectivity index (χ0) is 5.98. The lowest BCUT2D eigenvalue weighted by molar-refractivity contribution is 0.475. The molecule has 0 aromatic carbocycles. The highest BCUT2D eigenvalue weighted by atomic mass is 35.5. The largest absolute Gasteiger partial charge is 0.504 e. The van der Waals surface area contributed by atoms with Crippen molar-refractivity contribution in [3.8, 4) is 5.75 Å². The number of nitrogen functional groups attached to an aromatic ring is 1. The molecule has 1 heterocycles. The molecule has 0 fully saturated rings. The molecular formula is C5H7ClN2O. The van der Waals surface area contributed by atoms with Crippen LogP contribution in [0.15, 0.2) is 18.5 Å². The van der Waals surface area contributed by atoms with Crippen molar-refractivity contribution in [3.63, 3.8) is 0 Å². The fourth-order valence-corrected chi connectivity index (χ4v) is 0.397. The predicted octanol–water partition coefficient (Wildman–Crippen LogP) is 0.791. The van der Waals surface area contributed by atoms with E-state index < -0.39 is 0 Å². The van der Waals surface area contributed by atoms with Crippen LogP contribution >= 0.6 is 12.4 Å². The molecule has 0 unspecified atom stereocenters. The van der Waals surface area contributed by atoms with Gasteiger partial charge in [-0.1, -0.05) is 0 Å². The van der Waals surface area contributed by atoms with Crippen LogP contribution in [0.25, 0.3) is 0 Å². The predicted molar refractivity (Wildman–Crippen MR) is 37.6 cm³/mol. The fraction of sp³-hybridized carbons (Fsp3) is 0. The zero-order valence-electron chi connectivity index (χ0n) is 4.61. The maximum Gasteiger partial charge on any atom is 0.156 e. The molecule has 0 saturated carbocycles. The van der Waals surface area contributed by atoms with Crippen LogP contribution in [0.2, 0.25) is 0 Å². The molecule has 1 aromatic rings. The molecule has 50 valence electrons. The third-order valence-electron chi connectivity index (χ3n) is 0.833. The quantitative estimate of drug-likeness (QED) is 0.569. The Kier molecular flexibility index (Phi) is 2.81. The Morgan fingerprint density at radius 2 is 2.22 bits per heavy atom. The van der Waals surface area contributed by atoms with Gasteiger partial charge in [-0.3, -0.25) is 4.98 Å². The summed E-state index contributed by atoms with van der Waals surface area (Å²) in [6.07, 6.45) is 2.82. The summed E-state index contributed by atoms with van der Waals surface area (Å²) in [7, 11) is 0. The Morgan fingerprint density at radius 1 is 1.56 bits per heavy atom. The monoisotopic (exact) mass is 146 g/mol. The maximum absolute atomic E-state index is 8.73. The summed E-state index contributed by atoms with van der Waals surface area (Å²) in [6, 6.07) is 1.54. The summed E-state index contributed by atoms with van der Waals surface area (Å²) in [6.45, 7) is 0. The van der Waals surface area contributed by atoms with E-state index >= 15 is 0 Å². The van der Waals surface area contributed by atoms with E-state index in [0.29, 0.717) is 5.69 Å². The fourth-order valence-electron chi connectivity index (χ4n) is 0.397. The maximum atomic E-state index is 8.73. The molecule has 0 bridgehead atoms. The van der Waals surface area contributed by atoms with Crippen LogP contribution in [0.5, 0.6) is 5.75 Å². The highest BCUT2D eigenvalue weighted by Crippen LogP contribution is 2.14. The Bertz CT molecular complexity index is 171. The van der Waals surface area contributed by atoms with E-state index in [0.717, 1.165) is 0 Å². The lowest BCUT2D eigenvalue weighted by Gasteiger charge is -1.91. The summed E-state index contributed by atoms with van der Waals surface area (Å²) in [5.41, 5.74) is 5.59. The highest BCUT2D eigenvalue weighted by molar-refractivity contribution is 5.85. The number of halogens is 1. The molecule has 9 heavy (non-hydrogen) atoms. The molecule has 3 N–H and O–H groups in total. The summed E-state index contributed by atoms with van der Waals surface area (Å²) in [5.74, 6) is 0.0347. The molecule has 0 aliphatic heterocycles. The molecule has 0 spiro atoms. The molecule has 0 saturated heterocycles. The van der Waals surface area contributed by atoms with Gasteiger partial charge in [0.15, 0.2) is 5.75 Å². The van der Waals surface area contributed by atoms with Gasteiger partial charge in [0.25, 0.3) is 0 Å². The number of aromatic nitrogens is 1. The second kappa shape index (κ2) is 3.14. The minimum absolute atomic E-state index is 0. The second-order valence-corrected chi connectivity index (χ2v) is 1.43. The first kappa shape index (κ1) is 8.04. The molecule has 1 aromatic heterocycles. The van der Waals surface area contributed by atoms with Gasteiger partial charge in [-0.15, -0.1) is 12.4 Å². The molecule has 0 aliphatic carbocycles. The number of nitrogens with zero attached hydrogens (tertiary/aromatic N) is 1. The van der Waals surface area contributed by atoms with Gasteiger partial charge in [0.2, 0.25) is 0 Å². The van der Waals surface area contributed by atoms with E-state index in [2.05, 4.69) is 4.98 Å². The van der Waals surface area contributed by atoms with Crippen molar-refractivity contribution in [2.75, 3.05) is 5.73 Å². The summed E-state index contributed by atoms with van der Waals surface area (Å²) in [4.78, 5) is 3.62. The zero-order valence-corrected chi connectivity index (χ0v) is 5.43. The van der Waals surface area contributed by atoms with E-state index in [1.165, 1.54) is 18.5 Å². The highest BCUT2D eigenvalue weighted by Gasteiger charge is 1.89. The molecule has 3 nitrogen and oxygen atoms in total. The molecule has 0 radical (unpaired) electrons. The van der Waals surface area contributed by atoms with Crippen LogP contribution in [-0.2, 0) is 0 Å². The number of anilines is 1. The Labute approximate surface area is 58.9 Å². The first-order chi connectivity index (χ1) is 3.80. The van der Waals surface area contributed by atoms with E-state index in [4.69, 9.17) is 10.8 Å². The smallest absolute Gasteiger partial charge is 0.156 e. The van der Waals surface area contributed by atoms with Crippen molar-refractivity contribution in [3.05, 3.63) is 18.5 Å².